The van der Waals surface area contributed by atoms with Crippen molar-refractivity contribution in [2.45, 2.75) is 19.3 Å². The molecular weight excluding hydrogens is 352 g/mol. The molecule has 1 saturated heterocycles. The summed E-state index contributed by atoms with van der Waals surface area (Å²) in [5, 5.41) is 20.4. The van der Waals surface area contributed by atoms with Crippen LogP contribution in [0.15, 0.2) is 36.4 Å². The fourth-order valence-electron chi connectivity index (χ4n) is 3.17. The van der Waals surface area contributed by atoms with Crippen molar-refractivity contribution >= 4 is 23.3 Å². The predicted molar refractivity (Wildman–Crippen MR) is 99.4 cm³/mol. The Morgan fingerprint density at radius 3 is 2.62 bits per heavy atom. The van der Waals surface area contributed by atoms with Gasteiger partial charge in [0.15, 0.2) is 0 Å². The van der Waals surface area contributed by atoms with E-state index in [0.29, 0.717) is 12.2 Å². The third-order valence-corrected chi connectivity index (χ3v) is 5.44. The fraction of sp³-hybridized carbons (Fsp3) is 0.316. The Morgan fingerprint density at radius 1 is 1.23 bits per heavy atom. The van der Waals surface area contributed by atoms with Gasteiger partial charge in [-0.25, -0.2) is 14.6 Å². The Labute approximate surface area is 155 Å². The average Bonchev–Trinajstić information content (AvgIpc) is 3.30. The summed E-state index contributed by atoms with van der Waals surface area (Å²) in [5.41, 5.74) is 4.07. The number of hydrogen-bond donors (Lipinski definition) is 3. The number of nitrogens with one attached hydrogen (secondary N) is 1. The SMILES string of the molecule is O=C(O)/C=C/C(=O)O.c1ccc2c(c1)Cc1sc(CC3CCNC3)nc1-2. The third kappa shape index (κ3) is 4.56. The van der Waals surface area contributed by atoms with Gasteiger partial charge in [-0.2, -0.15) is 0 Å². The third-order valence-electron chi connectivity index (χ3n) is 4.36. The first-order chi connectivity index (χ1) is 12.5. The van der Waals surface area contributed by atoms with E-state index in [0.717, 1.165) is 18.8 Å². The maximum Gasteiger partial charge on any atom is 0.328 e. The number of thiazole rings is 1. The van der Waals surface area contributed by atoms with Crippen molar-refractivity contribution in [1.29, 1.82) is 0 Å². The Kier molecular flexibility index (Phi) is 5.80. The quantitative estimate of drug-likeness (QED) is 0.609. The van der Waals surface area contributed by atoms with Gasteiger partial charge in [0.2, 0.25) is 0 Å². The van der Waals surface area contributed by atoms with Crippen molar-refractivity contribution < 1.29 is 19.8 Å². The zero-order valence-corrected chi connectivity index (χ0v) is 15.0. The minimum Gasteiger partial charge on any atom is -0.478 e. The van der Waals surface area contributed by atoms with E-state index in [9.17, 15) is 9.59 Å². The number of nitrogens with zero attached hydrogens (tertiary/aromatic N) is 1. The van der Waals surface area contributed by atoms with E-state index in [1.165, 1.54) is 46.2 Å². The summed E-state index contributed by atoms with van der Waals surface area (Å²) in [5.74, 6) is -1.72. The highest BCUT2D eigenvalue weighted by Gasteiger charge is 2.24. The lowest BCUT2D eigenvalue weighted by molar-refractivity contribution is -0.134. The Balaban J connectivity index is 0.000000211. The van der Waals surface area contributed by atoms with Gasteiger partial charge in [0.05, 0.1) is 10.7 Å². The van der Waals surface area contributed by atoms with Crippen LogP contribution >= 0.6 is 11.3 Å². The van der Waals surface area contributed by atoms with Gasteiger partial charge in [-0.15, -0.1) is 11.3 Å². The number of hydrogen-bond acceptors (Lipinski definition) is 5. The van der Waals surface area contributed by atoms with Crippen LogP contribution < -0.4 is 5.32 Å². The zero-order valence-electron chi connectivity index (χ0n) is 14.1. The second-order valence-corrected chi connectivity index (χ2v) is 7.45. The van der Waals surface area contributed by atoms with Crippen LogP contribution in [0.2, 0.25) is 0 Å². The van der Waals surface area contributed by atoms with E-state index in [2.05, 4.69) is 29.6 Å². The highest BCUT2D eigenvalue weighted by Crippen LogP contribution is 2.39. The predicted octanol–water partition coefficient (Wildman–Crippen LogP) is 2.58. The van der Waals surface area contributed by atoms with Gasteiger partial charge in [-0.05, 0) is 31.0 Å². The molecule has 1 atom stereocenters. The molecular formula is C19H20N2O4S. The van der Waals surface area contributed by atoms with Crippen LogP contribution in [0.1, 0.15) is 21.9 Å². The fourth-order valence-corrected chi connectivity index (χ4v) is 4.39. The van der Waals surface area contributed by atoms with Gasteiger partial charge in [-0.3, -0.25) is 0 Å². The topological polar surface area (TPSA) is 99.5 Å². The molecule has 0 amide bonds. The lowest BCUT2D eigenvalue weighted by atomic mass is 10.1. The number of fused-ring (bicyclic) bond motifs is 3. The molecule has 26 heavy (non-hydrogen) atoms. The molecule has 1 unspecified atom stereocenters. The molecule has 1 aromatic heterocycles. The van der Waals surface area contributed by atoms with Crippen LogP contribution in [0.25, 0.3) is 11.3 Å². The van der Waals surface area contributed by atoms with Crippen LogP contribution in [0.3, 0.4) is 0 Å². The molecule has 3 N–H and O–H groups in total. The van der Waals surface area contributed by atoms with E-state index < -0.39 is 11.9 Å². The van der Waals surface area contributed by atoms with E-state index in [4.69, 9.17) is 15.2 Å². The van der Waals surface area contributed by atoms with Gasteiger partial charge in [0.1, 0.15) is 0 Å². The van der Waals surface area contributed by atoms with Crippen molar-refractivity contribution in [1.82, 2.24) is 10.3 Å². The minimum atomic E-state index is -1.26. The monoisotopic (exact) mass is 372 g/mol. The van der Waals surface area contributed by atoms with Crippen LogP contribution in [0.4, 0.5) is 0 Å². The van der Waals surface area contributed by atoms with E-state index in [1.54, 1.807) is 0 Å². The maximum atomic E-state index is 9.55. The van der Waals surface area contributed by atoms with Crippen LogP contribution in [0.5, 0.6) is 0 Å². The van der Waals surface area contributed by atoms with Crippen LogP contribution in [-0.4, -0.2) is 40.2 Å². The van der Waals surface area contributed by atoms with Gasteiger partial charge in [-0.1, -0.05) is 24.3 Å². The van der Waals surface area contributed by atoms with Crippen molar-refractivity contribution in [2.75, 3.05) is 13.1 Å². The summed E-state index contributed by atoms with van der Waals surface area (Å²) in [6, 6.07) is 8.68. The second kappa shape index (κ2) is 8.25. The number of rotatable bonds is 4. The number of carboxylic acids is 2. The molecule has 0 radical (unpaired) electrons. The number of aliphatic carboxylic acids is 2. The normalized spacial score (nSPS) is 17.5. The molecule has 2 heterocycles. The molecule has 1 aliphatic carbocycles. The van der Waals surface area contributed by atoms with Gasteiger partial charge >= 0.3 is 11.9 Å². The number of aromatic nitrogens is 1. The number of carboxylic acid groups (broad SMARTS) is 2. The summed E-state index contributed by atoms with van der Waals surface area (Å²) >= 11 is 1.93. The standard InChI is InChI=1S/C15H16N2S.C4H4O4/c1-2-4-12-11(3-1)8-13-15(12)17-14(18-13)7-10-5-6-16-9-10;5-3(6)1-2-4(7)8/h1-4,10,16H,5-9H2;1-2H,(H,5,6)(H,7,8)/b;2-1+. The van der Waals surface area contributed by atoms with Gasteiger partial charge in [0, 0.05) is 35.4 Å². The molecule has 1 aliphatic heterocycles. The van der Waals surface area contributed by atoms with E-state index >= 15 is 0 Å². The first-order valence-corrected chi connectivity index (χ1v) is 9.26. The molecule has 136 valence electrons. The highest BCUT2D eigenvalue weighted by molar-refractivity contribution is 7.12. The van der Waals surface area contributed by atoms with Crippen molar-refractivity contribution in [3.8, 4) is 11.3 Å². The Bertz CT molecular complexity index is 822. The van der Waals surface area contributed by atoms with Crippen LogP contribution in [-0.2, 0) is 22.4 Å². The zero-order chi connectivity index (χ0) is 18.5. The molecule has 0 spiro atoms. The molecule has 0 saturated carbocycles. The maximum absolute atomic E-state index is 9.55. The molecule has 1 aromatic carbocycles. The smallest absolute Gasteiger partial charge is 0.328 e. The molecule has 6 nitrogen and oxygen atoms in total. The summed E-state index contributed by atoms with van der Waals surface area (Å²) in [7, 11) is 0. The summed E-state index contributed by atoms with van der Waals surface area (Å²) < 4.78 is 0. The summed E-state index contributed by atoms with van der Waals surface area (Å²) in [4.78, 5) is 25.5. The first kappa shape index (κ1) is 18.3. The molecule has 0 bridgehead atoms. The molecule has 7 heteroatoms. The molecule has 2 aliphatic rings. The Morgan fingerprint density at radius 2 is 1.96 bits per heavy atom. The Hall–Kier alpha value is -2.51. The first-order valence-electron chi connectivity index (χ1n) is 8.44. The summed E-state index contributed by atoms with van der Waals surface area (Å²) in [6.45, 7) is 2.35. The van der Waals surface area contributed by atoms with Crippen molar-refractivity contribution in [2.24, 2.45) is 5.92 Å². The lowest BCUT2D eigenvalue weighted by Crippen LogP contribution is -2.10. The minimum absolute atomic E-state index is 0.558. The van der Waals surface area contributed by atoms with Crippen molar-refractivity contribution in [3.05, 3.63) is 51.9 Å². The van der Waals surface area contributed by atoms with Gasteiger partial charge < -0.3 is 15.5 Å². The average molecular weight is 372 g/mol. The largest absolute Gasteiger partial charge is 0.478 e. The molecule has 2 aromatic rings. The lowest BCUT2D eigenvalue weighted by Gasteiger charge is -2.04. The summed E-state index contributed by atoms with van der Waals surface area (Å²) in [6.07, 6.45) is 4.67. The number of benzene rings is 1. The highest BCUT2D eigenvalue weighted by atomic mass is 32.1. The number of carbonyl (C=O) groups is 2. The van der Waals surface area contributed by atoms with Crippen LogP contribution in [0, 0.1) is 5.92 Å². The van der Waals surface area contributed by atoms with Gasteiger partial charge in [0.25, 0.3) is 0 Å². The van der Waals surface area contributed by atoms with E-state index in [-0.39, 0.29) is 0 Å². The van der Waals surface area contributed by atoms with Crippen molar-refractivity contribution in [3.63, 3.8) is 0 Å². The second-order valence-electron chi connectivity index (χ2n) is 6.29. The molecule has 1 fully saturated rings. The van der Waals surface area contributed by atoms with E-state index in [1.807, 2.05) is 11.3 Å². The molecule has 4 rings (SSSR count).